The van der Waals surface area contributed by atoms with E-state index >= 15 is 0 Å². The third-order valence-electron chi connectivity index (χ3n) is 3.59. The van der Waals surface area contributed by atoms with Gasteiger partial charge in [0.2, 0.25) is 0 Å². The maximum atomic E-state index is 12.7. The molecule has 126 valence electrons. The number of halogens is 1. The van der Waals surface area contributed by atoms with E-state index in [1.54, 1.807) is 49.4 Å². The molecule has 2 aromatic rings. The molecule has 25 heavy (non-hydrogen) atoms. The Morgan fingerprint density at radius 1 is 1.28 bits per heavy atom. The van der Waals surface area contributed by atoms with E-state index in [2.05, 4.69) is 0 Å². The van der Waals surface area contributed by atoms with Crippen LogP contribution in [0, 0.1) is 17.0 Å². The summed E-state index contributed by atoms with van der Waals surface area (Å²) in [5, 5.41) is 11.6. The molecule has 1 aliphatic rings. The summed E-state index contributed by atoms with van der Waals surface area (Å²) in [5.41, 5.74) is 1.74. The Balaban J connectivity index is 1.96. The summed E-state index contributed by atoms with van der Waals surface area (Å²) in [6.45, 7) is 1.67. The number of amides is 1. The van der Waals surface area contributed by atoms with Crippen LogP contribution in [0.2, 0.25) is 5.02 Å². The zero-order valence-electron chi connectivity index (χ0n) is 12.9. The highest BCUT2D eigenvalue weighted by atomic mass is 35.5. The van der Waals surface area contributed by atoms with Gasteiger partial charge in [-0.3, -0.25) is 19.8 Å². The average Bonchev–Trinajstić information content (AvgIpc) is 2.83. The molecule has 1 amide bonds. The minimum absolute atomic E-state index is 0.0130. The molecular formula is C17H11ClN2O3S2. The number of nitrogens with zero attached hydrogens (tertiary/aromatic N) is 2. The van der Waals surface area contributed by atoms with E-state index in [0.717, 1.165) is 11.8 Å². The zero-order chi connectivity index (χ0) is 18.1. The van der Waals surface area contributed by atoms with Crippen molar-refractivity contribution in [2.24, 2.45) is 0 Å². The van der Waals surface area contributed by atoms with Gasteiger partial charge in [0.25, 0.3) is 11.6 Å². The molecule has 0 saturated carbocycles. The number of nitro groups is 1. The molecule has 1 saturated heterocycles. The van der Waals surface area contributed by atoms with Crippen molar-refractivity contribution in [3.05, 3.63) is 73.6 Å². The molecule has 1 fully saturated rings. The van der Waals surface area contributed by atoms with Crippen LogP contribution >= 0.6 is 35.6 Å². The molecular weight excluding hydrogens is 380 g/mol. The molecule has 0 aliphatic carbocycles. The number of thioether (sulfide) groups is 1. The molecule has 0 radical (unpaired) electrons. The number of anilines is 1. The van der Waals surface area contributed by atoms with Gasteiger partial charge in [-0.05, 0) is 36.8 Å². The number of carbonyl (C=O) groups excluding carboxylic acids is 1. The number of nitro benzene ring substituents is 1. The monoisotopic (exact) mass is 390 g/mol. The molecule has 0 unspecified atom stereocenters. The van der Waals surface area contributed by atoms with E-state index < -0.39 is 4.92 Å². The zero-order valence-corrected chi connectivity index (χ0v) is 15.3. The highest BCUT2D eigenvalue weighted by molar-refractivity contribution is 8.27. The van der Waals surface area contributed by atoms with Crippen molar-refractivity contribution < 1.29 is 9.72 Å². The van der Waals surface area contributed by atoms with Crippen molar-refractivity contribution in [2.75, 3.05) is 4.90 Å². The van der Waals surface area contributed by atoms with Gasteiger partial charge in [-0.25, -0.2) is 0 Å². The third kappa shape index (κ3) is 3.58. The number of hydrogen-bond donors (Lipinski definition) is 0. The second-order valence-corrected chi connectivity index (χ2v) is 7.41. The van der Waals surface area contributed by atoms with Gasteiger partial charge < -0.3 is 0 Å². The largest absolute Gasteiger partial charge is 0.272 e. The van der Waals surface area contributed by atoms with Crippen molar-refractivity contribution in [3.8, 4) is 0 Å². The first-order valence-electron chi connectivity index (χ1n) is 7.15. The van der Waals surface area contributed by atoms with E-state index in [1.807, 2.05) is 0 Å². The fourth-order valence-corrected chi connectivity index (χ4v) is 3.85. The van der Waals surface area contributed by atoms with Gasteiger partial charge >= 0.3 is 0 Å². The standard InChI is InChI=1S/C17H11ClN2O3S2/c1-10-5-6-11(7-14(10)20(22)23)8-15-16(21)19(17(24)25-15)13-4-2-3-12(18)9-13/h2-9H,1H3. The minimum atomic E-state index is -0.441. The normalized spacial score (nSPS) is 15.9. The first-order valence-corrected chi connectivity index (χ1v) is 8.75. The Labute approximate surface area is 158 Å². The minimum Gasteiger partial charge on any atom is -0.268 e. The molecule has 2 aromatic carbocycles. The number of carbonyl (C=O) groups is 1. The molecule has 0 aromatic heterocycles. The predicted molar refractivity (Wildman–Crippen MR) is 105 cm³/mol. The first-order chi connectivity index (χ1) is 11.9. The Morgan fingerprint density at radius 2 is 2.04 bits per heavy atom. The summed E-state index contributed by atoms with van der Waals surface area (Å²) < 4.78 is 0.389. The summed E-state index contributed by atoms with van der Waals surface area (Å²) in [7, 11) is 0. The summed E-state index contributed by atoms with van der Waals surface area (Å²) >= 11 is 12.4. The summed E-state index contributed by atoms with van der Waals surface area (Å²) in [5.74, 6) is -0.277. The quantitative estimate of drug-likeness (QED) is 0.320. The molecule has 0 bridgehead atoms. The van der Waals surface area contributed by atoms with Crippen molar-refractivity contribution in [1.29, 1.82) is 0 Å². The molecule has 0 atom stereocenters. The van der Waals surface area contributed by atoms with Gasteiger partial charge in [-0.15, -0.1) is 0 Å². The third-order valence-corrected chi connectivity index (χ3v) is 5.13. The lowest BCUT2D eigenvalue weighted by atomic mass is 10.1. The fraction of sp³-hybridized carbons (Fsp3) is 0.0588. The van der Waals surface area contributed by atoms with Gasteiger partial charge in [0, 0.05) is 16.7 Å². The maximum Gasteiger partial charge on any atom is 0.272 e. The van der Waals surface area contributed by atoms with Crippen LogP contribution in [0.3, 0.4) is 0 Å². The summed E-state index contributed by atoms with van der Waals surface area (Å²) in [6, 6.07) is 11.7. The van der Waals surface area contributed by atoms with Gasteiger partial charge in [-0.2, -0.15) is 0 Å². The molecule has 0 N–H and O–H groups in total. The van der Waals surface area contributed by atoms with Gasteiger partial charge in [0.1, 0.15) is 0 Å². The highest BCUT2D eigenvalue weighted by Gasteiger charge is 2.33. The SMILES string of the molecule is Cc1ccc(C=C2SC(=S)N(c3cccc(Cl)c3)C2=O)cc1[N+](=O)[O-]. The molecule has 1 heterocycles. The van der Waals surface area contributed by atoms with Gasteiger partial charge in [-0.1, -0.05) is 53.8 Å². The van der Waals surface area contributed by atoms with E-state index in [9.17, 15) is 14.9 Å². The lowest BCUT2D eigenvalue weighted by Crippen LogP contribution is -2.27. The maximum absolute atomic E-state index is 12.7. The number of hydrogen-bond acceptors (Lipinski definition) is 5. The smallest absolute Gasteiger partial charge is 0.268 e. The Hall–Kier alpha value is -2.22. The lowest BCUT2D eigenvalue weighted by Gasteiger charge is -2.14. The van der Waals surface area contributed by atoms with Crippen LogP contribution in [0.5, 0.6) is 0 Å². The predicted octanol–water partition coefficient (Wildman–Crippen LogP) is 4.96. The van der Waals surface area contributed by atoms with Crippen LogP contribution in [-0.4, -0.2) is 15.2 Å². The molecule has 1 aliphatic heterocycles. The molecule has 5 nitrogen and oxygen atoms in total. The Bertz CT molecular complexity index is 943. The first kappa shape index (κ1) is 17.6. The Kier molecular flexibility index (Phi) is 4.89. The molecule has 0 spiro atoms. The fourth-order valence-electron chi connectivity index (χ4n) is 2.37. The van der Waals surface area contributed by atoms with E-state index in [-0.39, 0.29) is 11.6 Å². The second kappa shape index (κ2) is 6.95. The second-order valence-electron chi connectivity index (χ2n) is 5.30. The van der Waals surface area contributed by atoms with E-state index in [4.69, 9.17) is 23.8 Å². The summed E-state index contributed by atoms with van der Waals surface area (Å²) in [4.78, 5) is 25.1. The van der Waals surface area contributed by atoms with E-state index in [1.165, 1.54) is 11.0 Å². The molecule has 8 heteroatoms. The van der Waals surface area contributed by atoms with Crippen molar-refractivity contribution in [3.63, 3.8) is 0 Å². The number of aryl methyl sites for hydroxylation is 1. The number of rotatable bonds is 3. The van der Waals surface area contributed by atoms with Gasteiger partial charge in [0.15, 0.2) is 4.32 Å². The van der Waals surface area contributed by atoms with Crippen LogP contribution in [0.4, 0.5) is 11.4 Å². The van der Waals surface area contributed by atoms with Gasteiger partial charge in [0.05, 0.1) is 15.5 Å². The van der Waals surface area contributed by atoms with Crippen molar-refractivity contribution in [2.45, 2.75) is 6.92 Å². The number of benzene rings is 2. The van der Waals surface area contributed by atoms with Crippen LogP contribution < -0.4 is 4.90 Å². The van der Waals surface area contributed by atoms with Crippen LogP contribution in [0.1, 0.15) is 11.1 Å². The average molecular weight is 391 g/mol. The van der Waals surface area contributed by atoms with Crippen molar-refractivity contribution in [1.82, 2.24) is 0 Å². The molecule has 3 rings (SSSR count). The lowest BCUT2D eigenvalue weighted by molar-refractivity contribution is -0.385. The van der Waals surface area contributed by atoms with Crippen molar-refractivity contribution >= 4 is 63.3 Å². The highest BCUT2D eigenvalue weighted by Crippen LogP contribution is 2.37. The number of thiocarbonyl (C=S) groups is 1. The van der Waals surface area contributed by atoms with Crippen LogP contribution in [0.15, 0.2) is 47.4 Å². The van der Waals surface area contributed by atoms with Crippen LogP contribution in [-0.2, 0) is 4.79 Å². The van der Waals surface area contributed by atoms with E-state index in [0.29, 0.717) is 31.1 Å². The summed E-state index contributed by atoms with van der Waals surface area (Å²) in [6.07, 6.45) is 1.61. The topological polar surface area (TPSA) is 63.5 Å². The Morgan fingerprint density at radius 3 is 2.72 bits per heavy atom. The van der Waals surface area contributed by atoms with Crippen LogP contribution in [0.25, 0.3) is 6.08 Å².